The summed E-state index contributed by atoms with van der Waals surface area (Å²) < 4.78 is 12.9. The van der Waals surface area contributed by atoms with Crippen LogP contribution in [0.4, 0.5) is 0 Å². The van der Waals surface area contributed by atoms with E-state index in [9.17, 15) is 9.90 Å². The van der Waals surface area contributed by atoms with E-state index in [1.807, 2.05) is 25.1 Å². The molecule has 33 heavy (non-hydrogen) atoms. The first kappa shape index (κ1) is 24.5. The maximum atomic E-state index is 11.3. The average molecular weight is 493 g/mol. The van der Waals surface area contributed by atoms with Gasteiger partial charge in [0.05, 0.1) is 46.0 Å². The van der Waals surface area contributed by atoms with Crippen LogP contribution in [-0.4, -0.2) is 46.9 Å². The molecule has 0 amide bonds. The normalized spacial score (nSPS) is 21.8. The zero-order valence-electron chi connectivity index (χ0n) is 19.6. The number of thiophene rings is 1. The van der Waals surface area contributed by atoms with E-state index < -0.39 is 5.97 Å². The van der Waals surface area contributed by atoms with Gasteiger partial charge in [-0.15, -0.1) is 11.3 Å². The average Bonchev–Trinajstić information content (AvgIpc) is 3.57. The number of rotatable bonds is 10. The second-order valence-corrected chi connectivity index (χ2v) is 11.1. The number of carbonyl (C=O) groups is 1. The first-order valence-electron chi connectivity index (χ1n) is 11.8. The van der Waals surface area contributed by atoms with Gasteiger partial charge in [0.15, 0.2) is 0 Å². The van der Waals surface area contributed by atoms with Gasteiger partial charge in [0.1, 0.15) is 5.75 Å². The number of carboxylic acids is 1. The molecule has 0 aliphatic heterocycles. The van der Waals surface area contributed by atoms with Crippen molar-refractivity contribution in [2.24, 2.45) is 11.8 Å². The Morgan fingerprint density at radius 1 is 1.33 bits per heavy atom. The highest BCUT2D eigenvalue weighted by Crippen LogP contribution is 2.37. The molecule has 0 radical (unpaired) electrons. The highest BCUT2D eigenvalue weighted by molar-refractivity contribution is 7.19. The van der Waals surface area contributed by atoms with E-state index in [4.69, 9.17) is 26.1 Å². The van der Waals surface area contributed by atoms with Crippen LogP contribution in [0.15, 0.2) is 18.2 Å². The lowest BCUT2D eigenvalue weighted by Gasteiger charge is -2.27. The van der Waals surface area contributed by atoms with Gasteiger partial charge in [0.25, 0.3) is 0 Å². The molecule has 2 saturated carbocycles. The molecule has 0 spiro atoms. The van der Waals surface area contributed by atoms with Crippen molar-refractivity contribution in [1.29, 1.82) is 0 Å². The Hall–Kier alpha value is -1.67. The van der Waals surface area contributed by atoms with Crippen LogP contribution in [0.1, 0.15) is 56.7 Å². The van der Waals surface area contributed by atoms with E-state index in [1.54, 1.807) is 0 Å². The molecule has 2 aromatic rings. The monoisotopic (exact) mass is 492 g/mol. The summed E-state index contributed by atoms with van der Waals surface area (Å²) in [5.74, 6) is 0.469. The van der Waals surface area contributed by atoms with Gasteiger partial charge in [0, 0.05) is 6.04 Å². The molecule has 2 aliphatic carbocycles. The minimum absolute atomic E-state index is 0.0821. The van der Waals surface area contributed by atoms with Crippen LogP contribution >= 0.6 is 22.9 Å². The number of halogens is 1. The summed E-state index contributed by atoms with van der Waals surface area (Å²) >= 11 is 7.85. The molecule has 0 bridgehead atoms. The Morgan fingerprint density at radius 3 is 2.82 bits per heavy atom. The summed E-state index contributed by atoms with van der Waals surface area (Å²) in [5.41, 5.74) is 2.68. The van der Waals surface area contributed by atoms with E-state index in [0.29, 0.717) is 35.9 Å². The summed E-state index contributed by atoms with van der Waals surface area (Å²) in [4.78, 5) is 19.4. The lowest BCUT2D eigenvalue weighted by Crippen LogP contribution is -2.32. The van der Waals surface area contributed by atoms with Gasteiger partial charge < -0.3 is 14.6 Å². The van der Waals surface area contributed by atoms with Crippen LogP contribution < -0.4 is 4.74 Å². The molecule has 180 valence electrons. The van der Waals surface area contributed by atoms with Crippen molar-refractivity contribution in [3.8, 4) is 16.3 Å². The number of hydrogen-bond donors (Lipinski definition) is 1. The molecule has 1 N–H and O–H groups in total. The molecule has 2 aliphatic rings. The van der Waals surface area contributed by atoms with E-state index in [-0.39, 0.29) is 12.0 Å². The summed E-state index contributed by atoms with van der Waals surface area (Å²) in [7, 11) is 2.11. The molecule has 2 fully saturated rings. The third-order valence-electron chi connectivity index (χ3n) is 6.87. The largest absolute Gasteiger partial charge is 0.489 e. The number of aliphatic carboxylic acids is 1. The molecule has 6 nitrogen and oxygen atoms in total. The predicted molar refractivity (Wildman–Crippen MR) is 131 cm³/mol. The van der Waals surface area contributed by atoms with Crippen molar-refractivity contribution in [2.45, 2.75) is 71.1 Å². The van der Waals surface area contributed by atoms with Crippen LogP contribution in [0, 0.1) is 18.8 Å². The highest BCUT2D eigenvalue weighted by atomic mass is 35.5. The van der Waals surface area contributed by atoms with Gasteiger partial charge in [-0.3, -0.25) is 9.69 Å². The lowest BCUT2D eigenvalue weighted by molar-refractivity contribution is -0.143. The van der Waals surface area contributed by atoms with E-state index >= 15 is 0 Å². The Morgan fingerprint density at radius 2 is 2.12 bits per heavy atom. The Balaban J connectivity index is 1.39. The maximum absolute atomic E-state index is 11.3. The van der Waals surface area contributed by atoms with Gasteiger partial charge in [-0.1, -0.05) is 11.6 Å². The summed E-state index contributed by atoms with van der Waals surface area (Å²) in [6.07, 6.45) is 5.58. The molecule has 0 aromatic carbocycles. The fourth-order valence-corrected chi connectivity index (χ4v) is 5.76. The molecule has 0 unspecified atom stereocenters. The zero-order valence-corrected chi connectivity index (χ0v) is 21.1. The Bertz CT molecular complexity index is 977. The standard InChI is InChI=1S/C25H33ClN2O4S/c1-15-22(32-20-6-4-5-18(11-20)25(29)30)10-9-21(27-15)24-19(12-23(26)33-24)13-31-14-28(3)16(2)17-7-8-17/h9-10,12,16-18,20H,4-8,11,13-14H2,1-3H3,(H,29,30)/t16-,18-,20-/m0/s1. The van der Waals surface area contributed by atoms with Crippen molar-refractivity contribution in [2.75, 3.05) is 13.8 Å². The lowest BCUT2D eigenvalue weighted by atomic mass is 9.87. The van der Waals surface area contributed by atoms with Gasteiger partial charge in [-0.2, -0.15) is 0 Å². The minimum Gasteiger partial charge on any atom is -0.489 e. The highest BCUT2D eigenvalue weighted by Gasteiger charge is 2.30. The number of hydrogen-bond acceptors (Lipinski definition) is 6. The number of pyridine rings is 1. The third kappa shape index (κ3) is 6.27. The summed E-state index contributed by atoms with van der Waals surface area (Å²) in [6.45, 7) is 5.26. The maximum Gasteiger partial charge on any atom is 0.306 e. The molecule has 4 rings (SSSR count). The Labute approximate surface area is 204 Å². The number of aryl methyl sites for hydroxylation is 1. The van der Waals surface area contributed by atoms with Gasteiger partial charge >= 0.3 is 5.97 Å². The molecular weight excluding hydrogens is 460 g/mol. The summed E-state index contributed by atoms with van der Waals surface area (Å²) in [6, 6.07) is 6.39. The SMILES string of the molecule is Cc1nc(-c2sc(Cl)cc2COCN(C)[C@@H](C)C2CC2)ccc1O[C@H]1CCC[C@H](C(=O)O)C1. The van der Waals surface area contributed by atoms with Crippen molar-refractivity contribution >= 4 is 28.9 Å². The van der Waals surface area contributed by atoms with E-state index in [2.05, 4.69) is 18.9 Å². The first-order valence-corrected chi connectivity index (χ1v) is 12.9. The quantitative estimate of drug-likeness (QED) is 0.410. The molecule has 2 heterocycles. The van der Waals surface area contributed by atoms with Crippen LogP contribution in [0.2, 0.25) is 4.34 Å². The molecule has 2 aromatic heterocycles. The van der Waals surface area contributed by atoms with Gasteiger partial charge in [-0.05, 0) is 89.1 Å². The van der Waals surface area contributed by atoms with E-state index in [1.165, 1.54) is 24.2 Å². The number of nitrogens with zero attached hydrogens (tertiary/aromatic N) is 2. The number of ether oxygens (including phenoxy) is 2. The van der Waals surface area contributed by atoms with Crippen LogP contribution in [-0.2, 0) is 16.1 Å². The van der Waals surface area contributed by atoms with Gasteiger partial charge in [-0.25, -0.2) is 4.98 Å². The second kappa shape index (κ2) is 10.7. The number of aromatic nitrogens is 1. The smallest absolute Gasteiger partial charge is 0.306 e. The van der Waals surface area contributed by atoms with Crippen molar-refractivity contribution in [1.82, 2.24) is 9.88 Å². The number of carboxylic acid groups (broad SMARTS) is 1. The topological polar surface area (TPSA) is 71.9 Å². The zero-order chi connectivity index (χ0) is 23.5. The van der Waals surface area contributed by atoms with Crippen molar-refractivity contribution < 1.29 is 19.4 Å². The van der Waals surface area contributed by atoms with E-state index in [0.717, 1.165) is 47.0 Å². The van der Waals surface area contributed by atoms with Crippen LogP contribution in [0.25, 0.3) is 10.6 Å². The minimum atomic E-state index is -0.731. The van der Waals surface area contributed by atoms with Crippen molar-refractivity contribution in [3.63, 3.8) is 0 Å². The fraction of sp³-hybridized carbons (Fsp3) is 0.600. The molecule has 3 atom stereocenters. The molecule has 8 heteroatoms. The molecule has 0 saturated heterocycles. The Kier molecular flexibility index (Phi) is 7.95. The van der Waals surface area contributed by atoms with Crippen molar-refractivity contribution in [3.05, 3.63) is 33.8 Å². The van der Waals surface area contributed by atoms with Crippen LogP contribution in [0.5, 0.6) is 5.75 Å². The third-order valence-corrected chi connectivity index (χ3v) is 8.20. The predicted octanol–water partition coefficient (Wildman–Crippen LogP) is 6.00. The fourth-order valence-electron chi connectivity index (χ4n) is 4.53. The summed E-state index contributed by atoms with van der Waals surface area (Å²) in [5, 5.41) is 9.32. The first-order chi connectivity index (χ1) is 15.8. The van der Waals surface area contributed by atoms with Crippen LogP contribution in [0.3, 0.4) is 0 Å². The molecular formula is C25H33ClN2O4S. The van der Waals surface area contributed by atoms with Gasteiger partial charge in [0.2, 0.25) is 0 Å². The second-order valence-electron chi connectivity index (χ2n) is 9.44.